The maximum atomic E-state index is 10.8. The minimum atomic E-state index is -4.83. The summed E-state index contributed by atoms with van der Waals surface area (Å²) in [6.45, 7) is -0.602. The molecule has 1 aromatic rings. The molecule has 1 aliphatic heterocycles. The number of benzene rings is 1. The van der Waals surface area contributed by atoms with E-state index < -0.39 is 46.9 Å². The first kappa shape index (κ1) is 21.1. The minimum absolute atomic E-state index is 0.0122. The largest absolute Gasteiger partial charge is 0.466 e. The van der Waals surface area contributed by atoms with Crippen molar-refractivity contribution in [1.82, 2.24) is 0 Å². The van der Waals surface area contributed by atoms with Gasteiger partial charge in [-0.3, -0.25) is 4.55 Å². The highest BCUT2D eigenvalue weighted by Crippen LogP contribution is 2.30. The second-order valence-corrected chi connectivity index (χ2v) is 7.64. The molecule has 0 aliphatic carbocycles. The molecule has 12 heteroatoms. The number of nitrogens with zero attached hydrogens (tertiary/aromatic N) is 1. The highest BCUT2D eigenvalue weighted by molar-refractivity contribution is 8.14. The summed E-state index contributed by atoms with van der Waals surface area (Å²) in [7, 11) is -4.83. The van der Waals surface area contributed by atoms with Crippen LogP contribution in [0.3, 0.4) is 0 Å². The lowest BCUT2D eigenvalue weighted by Gasteiger charge is -2.39. The molecule has 1 aromatic carbocycles. The van der Waals surface area contributed by atoms with Crippen molar-refractivity contribution in [2.45, 2.75) is 36.3 Å². The zero-order chi connectivity index (χ0) is 19.3. The second kappa shape index (κ2) is 9.10. The standard InChI is InChI=1S/C14H19NO9S2/c16-7-9-11(17)12(18)13(19)14(23-9)25-10(15-24-26(20,21)22)6-8-4-2-1-3-5-8/h1-5,9,11-14,16-19H,6-7H2,(H,20,21,22)/b15-10-/t9?,11-,12?,13?,14+/m1/s1. The third-order valence-electron chi connectivity index (χ3n) is 3.53. The summed E-state index contributed by atoms with van der Waals surface area (Å²) in [4.78, 5) is 0. The van der Waals surface area contributed by atoms with Gasteiger partial charge in [0.1, 0.15) is 34.9 Å². The average Bonchev–Trinajstić information content (AvgIpc) is 2.60. The maximum Gasteiger partial charge on any atom is 0.466 e. The fourth-order valence-corrected chi connectivity index (χ4v) is 3.58. The summed E-state index contributed by atoms with van der Waals surface area (Å²) in [6, 6.07) is 8.73. The molecule has 5 N–H and O–H groups in total. The van der Waals surface area contributed by atoms with Crippen LogP contribution in [0.2, 0.25) is 0 Å². The monoisotopic (exact) mass is 409 g/mol. The lowest BCUT2D eigenvalue weighted by molar-refractivity contribution is -0.205. The molecule has 0 spiro atoms. The number of aliphatic hydroxyl groups is 4. The lowest BCUT2D eigenvalue weighted by Crippen LogP contribution is -2.57. The Hall–Kier alpha value is -1.25. The van der Waals surface area contributed by atoms with E-state index in [1.807, 2.05) is 0 Å². The molecule has 10 nitrogen and oxygen atoms in total. The van der Waals surface area contributed by atoms with Crippen molar-refractivity contribution in [2.24, 2.45) is 5.16 Å². The summed E-state index contributed by atoms with van der Waals surface area (Å²) in [6.07, 6.45) is -5.68. The van der Waals surface area contributed by atoms with E-state index in [1.165, 1.54) is 0 Å². The highest BCUT2D eigenvalue weighted by Gasteiger charge is 2.44. The molecule has 3 unspecified atom stereocenters. The Morgan fingerprint density at radius 3 is 2.38 bits per heavy atom. The van der Waals surface area contributed by atoms with Crippen LogP contribution in [-0.4, -0.2) is 74.9 Å². The van der Waals surface area contributed by atoms with Gasteiger partial charge in [0.15, 0.2) is 0 Å². The van der Waals surface area contributed by atoms with Gasteiger partial charge in [-0.2, -0.15) is 8.42 Å². The fourth-order valence-electron chi connectivity index (χ4n) is 2.25. The number of ether oxygens (including phenoxy) is 1. The number of hydrogen-bond donors (Lipinski definition) is 5. The third-order valence-corrected chi connectivity index (χ3v) is 4.91. The summed E-state index contributed by atoms with van der Waals surface area (Å²) in [5.74, 6) is 0. The fraction of sp³-hybridized carbons (Fsp3) is 0.500. The van der Waals surface area contributed by atoms with Crippen LogP contribution in [0.25, 0.3) is 0 Å². The van der Waals surface area contributed by atoms with E-state index in [0.717, 1.165) is 17.3 Å². The Morgan fingerprint density at radius 2 is 1.81 bits per heavy atom. The Morgan fingerprint density at radius 1 is 1.15 bits per heavy atom. The van der Waals surface area contributed by atoms with E-state index in [0.29, 0.717) is 0 Å². The number of thioether (sulfide) groups is 1. The molecule has 0 radical (unpaired) electrons. The van der Waals surface area contributed by atoms with Crippen molar-refractivity contribution in [3.63, 3.8) is 0 Å². The summed E-state index contributed by atoms with van der Waals surface area (Å²) >= 11 is 0.729. The van der Waals surface area contributed by atoms with Crippen molar-refractivity contribution in [3.8, 4) is 0 Å². The van der Waals surface area contributed by atoms with Gasteiger partial charge in [-0.1, -0.05) is 47.2 Å². The molecular formula is C14H19NO9S2. The first-order valence-corrected chi connectivity index (χ1v) is 9.69. The van der Waals surface area contributed by atoms with Gasteiger partial charge in [0, 0.05) is 6.42 Å². The molecule has 0 bridgehead atoms. The second-order valence-electron chi connectivity index (χ2n) is 5.46. The maximum absolute atomic E-state index is 10.8. The third kappa shape index (κ3) is 5.89. The molecule has 1 saturated heterocycles. The van der Waals surface area contributed by atoms with Crippen molar-refractivity contribution in [3.05, 3.63) is 35.9 Å². The molecule has 1 fully saturated rings. The molecule has 0 saturated carbocycles. The molecular weight excluding hydrogens is 390 g/mol. The van der Waals surface area contributed by atoms with E-state index >= 15 is 0 Å². The van der Waals surface area contributed by atoms with Gasteiger partial charge >= 0.3 is 10.4 Å². The lowest BCUT2D eigenvalue weighted by atomic mass is 10.0. The first-order chi connectivity index (χ1) is 12.2. The van der Waals surface area contributed by atoms with Crippen molar-refractivity contribution < 1.29 is 42.4 Å². The van der Waals surface area contributed by atoms with Gasteiger partial charge in [0.2, 0.25) is 0 Å². The number of rotatable bonds is 6. The van der Waals surface area contributed by atoms with E-state index in [2.05, 4.69) is 9.44 Å². The molecule has 1 aliphatic rings. The van der Waals surface area contributed by atoms with Gasteiger partial charge < -0.3 is 25.2 Å². The number of hydrogen-bond acceptors (Lipinski definition) is 10. The Balaban J connectivity index is 2.19. The first-order valence-electron chi connectivity index (χ1n) is 7.45. The molecule has 146 valence electrons. The highest BCUT2D eigenvalue weighted by atomic mass is 32.3. The Labute approximate surface area is 154 Å². The molecule has 2 rings (SSSR count). The molecule has 0 amide bonds. The van der Waals surface area contributed by atoms with Crippen LogP contribution in [0.1, 0.15) is 5.56 Å². The van der Waals surface area contributed by atoms with Gasteiger partial charge in [0.25, 0.3) is 0 Å². The van der Waals surface area contributed by atoms with Gasteiger partial charge in [0.05, 0.1) is 6.61 Å². The molecule has 5 atom stereocenters. The van der Waals surface area contributed by atoms with E-state index in [4.69, 9.17) is 9.29 Å². The van der Waals surface area contributed by atoms with Crippen LogP contribution in [0, 0.1) is 0 Å². The van der Waals surface area contributed by atoms with Crippen molar-refractivity contribution >= 4 is 27.2 Å². The summed E-state index contributed by atoms with van der Waals surface area (Å²) in [5.41, 5.74) is -0.444. The van der Waals surface area contributed by atoms with Gasteiger partial charge in [-0.05, 0) is 5.56 Å². The van der Waals surface area contributed by atoms with E-state index in [9.17, 15) is 28.8 Å². The van der Waals surface area contributed by atoms with Crippen LogP contribution in [0.15, 0.2) is 35.5 Å². The predicted molar refractivity (Wildman–Crippen MR) is 91.6 cm³/mol. The molecule has 0 aromatic heterocycles. The van der Waals surface area contributed by atoms with Crippen LogP contribution in [0.5, 0.6) is 0 Å². The summed E-state index contributed by atoms with van der Waals surface area (Å²) < 4.78 is 39.6. The Bertz CT molecular complexity index is 710. The zero-order valence-corrected chi connectivity index (χ0v) is 15.0. The zero-order valence-electron chi connectivity index (χ0n) is 13.3. The molecule has 26 heavy (non-hydrogen) atoms. The predicted octanol–water partition coefficient (Wildman–Crippen LogP) is -1.10. The quantitative estimate of drug-likeness (QED) is 0.168. The van der Waals surface area contributed by atoms with Gasteiger partial charge in [-0.15, -0.1) is 0 Å². The van der Waals surface area contributed by atoms with E-state index in [-0.39, 0.29) is 11.5 Å². The van der Waals surface area contributed by atoms with Crippen LogP contribution in [-0.2, 0) is 25.8 Å². The van der Waals surface area contributed by atoms with Crippen LogP contribution >= 0.6 is 11.8 Å². The van der Waals surface area contributed by atoms with Crippen molar-refractivity contribution in [1.29, 1.82) is 0 Å². The van der Waals surface area contributed by atoms with Crippen molar-refractivity contribution in [2.75, 3.05) is 6.61 Å². The van der Waals surface area contributed by atoms with Gasteiger partial charge in [-0.25, -0.2) is 4.28 Å². The topological polar surface area (TPSA) is 166 Å². The average molecular weight is 409 g/mol. The number of oxime groups is 1. The van der Waals surface area contributed by atoms with E-state index in [1.54, 1.807) is 30.3 Å². The molecule has 1 heterocycles. The SMILES string of the molecule is O=S(=O)(O)O/N=C(/Cc1ccccc1)S[C@@H]1OC(CO)[C@@H](O)C(O)C1O. The Kier molecular flexibility index (Phi) is 7.37. The normalized spacial score (nSPS) is 30.2. The number of aliphatic hydroxyl groups excluding tert-OH is 4. The summed E-state index contributed by atoms with van der Waals surface area (Å²) in [5, 5.41) is 42.2. The van der Waals surface area contributed by atoms with Crippen LogP contribution < -0.4 is 0 Å². The smallest absolute Gasteiger partial charge is 0.394 e. The van der Waals surface area contributed by atoms with Crippen LogP contribution in [0.4, 0.5) is 0 Å². The minimum Gasteiger partial charge on any atom is -0.394 e.